The molecule has 0 spiro atoms. The van der Waals surface area contributed by atoms with Crippen LogP contribution in [0.15, 0.2) is 52.1 Å². The molecular formula is C15H8ClF3N2O2. The first-order valence-corrected chi connectivity index (χ1v) is 6.78. The van der Waals surface area contributed by atoms with E-state index in [1.54, 1.807) is 12.1 Å². The molecule has 0 aliphatic carbocycles. The highest BCUT2D eigenvalue weighted by Gasteiger charge is 2.31. The van der Waals surface area contributed by atoms with Crippen molar-refractivity contribution in [3.05, 3.63) is 73.9 Å². The number of benzene rings is 2. The number of nitrogens with one attached hydrogen (secondary N) is 1. The fourth-order valence-electron chi connectivity index (χ4n) is 2.29. The summed E-state index contributed by atoms with van der Waals surface area (Å²) in [7, 11) is 0. The summed E-state index contributed by atoms with van der Waals surface area (Å²) in [6.07, 6.45) is -4.60. The van der Waals surface area contributed by atoms with Crippen molar-refractivity contribution in [3.8, 4) is 5.69 Å². The summed E-state index contributed by atoms with van der Waals surface area (Å²) in [5.74, 6) is 0. The van der Waals surface area contributed by atoms with Crippen molar-refractivity contribution in [1.29, 1.82) is 0 Å². The van der Waals surface area contributed by atoms with Crippen LogP contribution < -0.4 is 11.2 Å². The molecule has 0 radical (unpaired) electrons. The van der Waals surface area contributed by atoms with E-state index in [1.807, 2.05) is 0 Å². The highest BCUT2D eigenvalue weighted by Crippen LogP contribution is 2.31. The highest BCUT2D eigenvalue weighted by atomic mass is 35.5. The Kier molecular flexibility index (Phi) is 3.52. The lowest BCUT2D eigenvalue weighted by Crippen LogP contribution is -2.29. The van der Waals surface area contributed by atoms with E-state index in [-0.39, 0.29) is 21.6 Å². The van der Waals surface area contributed by atoms with Gasteiger partial charge in [-0.25, -0.2) is 4.79 Å². The van der Waals surface area contributed by atoms with Gasteiger partial charge in [0.25, 0.3) is 5.56 Å². The smallest absolute Gasteiger partial charge is 0.273 e. The molecule has 8 heteroatoms. The Bertz CT molecular complexity index is 1020. The fraction of sp³-hybridized carbons (Fsp3) is 0.0667. The van der Waals surface area contributed by atoms with Gasteiger partial charge in [0.05, 0.1) is 27.2 Å². The molecule has 4 nitrogen and oxygen atoms in total. The van der Waals surface area contributed by atoms with Crippen LogP contribution in [0.3, 0.4) is 0 Å². The second-order valence-electron chi connectivity index (χ2n) is 4.78. The van der Waals surface area contributed by atoms with Gasteiger partial charge in [0, 0.05) is 0 Å². The van der Waals surface area contributed by atoms with Crippen LogP contribution in [-0.2, 0) is 6.18 Å². The van der Waals surface area contributed by atoms with Crippen LogP contribution in [0.1, 0.15) is 5.56 Å². The number of fused-ring (bicyclic) bond motifs is 1. The molecule has 0 atom stereocenters. The van der Waals surface area contributed by atoms with E-state index < -0.39 is 23.0 Å². The first-order valence-electron chi connectivity index (χ1n) is 6.40. The summed E-state index contributed by atoms with van der Waals surface area (Å²) in [6, 6.07) is 8.75. The lowest BCUT2D eigenvalue weighted by molar-refractivity contribution is -0.137. The van der Waals surface area contributed by atoms with E-state index in [0.29, 0.717) is 0 Å². The SMILES string of the molecule is O=c1[nH]c(=O)n(-c2ccccc2Cl)c2cc(C(F)(F)F)ccc12. The summed E-state index contributed by atoms with van der Waals surface area (Å²) in [5, 5.41) is 0.123. The molecule has 0 aliphatic rings. The average molecular weight is 341 g/mol. The molecule has 0 amide bonds. The normalized spacial score (nSPS) is 11.8. The Morgan fingerprint density at radius 1 is 1.04 bits per heavy atom. The third-order valence-corrected chi connectivity index (χ3v) is 3.65. The minimum Gasteiger partial charge on any atom is -0.273 e. The molecule has 2 aromatic carbocycles. The third kappa shape index (κ3) is 2.63. The molecule has 0 fully saturated rings. The van der Waals surface area contributed by atoms with Gasteiger partial charge in [0.1, 0.15) is 0 Å². The molecule has 23 heavy (non-hydrogen) atoms. The number of aromatic nitrogens is 2. The quantitative estimate of drug-likeness (QED) is 0.738. The van der Waals surface area contributed by atoms with Crippen molar-refractivity contribution in [2.45, 2.75) is 6.18 Å². The minimum atomic E-state index is -4.60. The second-order valence-corrected chi connectivity index (χ2v) is 5.18. The van der Waals surface area contributed by atoms with Crippen LogP contribution in [0.4, 0.5) is 13.2 Å². The Morgan fingerprint density at radius 3 is 2.39 bits per heavy atom. The summed E-state index contributed by atoms with van der Waals surface area (Å²) in [4.78, 5) is 26.1. The van der Waals surface area contributed by atoms with Crippen molar-refractivity contribution in [2.24, 2.45) is 0 Å². The van der Waals surface area contributed by atoms with Gasteiger partial charge in [-0.15, -0.1) is 0 Å². The molecule has 1 N–H and O–H groups in total. The predicted molar refractivity (Wildman–Crippen MR) is 80.2 cm³/mol. The van der Waals surface area contributed by atoms with Crippen LogP contribution in [0, 0.1) is 0 Å². The van der Waals surface area contributed by atoms with Gasteiger partial charge >= 0.3 is 11.9 Å². The number of aromatic amines is 1. The Labute approximate surface area is 131 Å². The average Bonchev–Trinajstić information content (AvgIpc) is 2.47. The second kappa shape index (κ2) is 5.27. The Balaban J connectivity index is 2.48. The summed E-state index contributed by atoms with van der Waals surface area (Å²) < 4.78 is 39.7. The maximum Gasteiger partial charge on any atom is 0.416 e. The first-order chi connectivity index (χ1) is 10.8. The van der Waals surface area contributed by atoms with Gasteiger partial charge in [-0.2, -0.15) is 13.2 Å². The predicted octanol–water partition coefficient (Wildman–Crippen LogP) is 3.35. The zero-order chi connectivity index (χ0) is 16.8. The van der Waals surface area contributed by atoms with Gasteiger partial charge in [0.15, 0.2) is 0 Å². The number of nitrogens with zero attached hydrogens (tertiary/aromatic N) is 1. The molecule has 0 bridgehead atoms. The molecular weight excluding hydrogens is 333 g/mol. The van der Waals surface area contributed by atoms with Gasteiger partial charge < -0.3 is 0 Å². The van der Waals surface area contributed by atoms with Crippen LogP contribution in [0.2, 0.25) is 5.02 Å². The van der Waals surface area contributed by atoms with Crippen LogP contribution >= 0.6 is 11.6 Å². The molecule has 118 valence electrons. The van der Waals surface area contributed by atoms with E-state index in [1.165, 1.54) is 12.1 Å². The summed E-state index contributed by atoms with van der Waals surface area (Å²) in [6.45, 7) is 0. The third-order valence-electron chi connectivity index (χ3n) is 3.33. The monoisotopic (exact) mass is 340 g/mol. The highest BCUT2D eigenvalue weighted by molar-refractivity contribution is 6.32. The number of para-hydroxylation sites is 1. The van der Waals surface area contributed by atoms with E-state index in [4.69, 9.17) is 11.6 Å². The maximum atomic E-state index is 12.9. The standard InChI is InChI=1S/C15H8ClF3N2O2/c16-10-3-1-2-4-11(10)21-12-7-8(15(17,18)19)5-6-9(12)13(22)20-14(21)23/h1-7H,(H,20,22,23). The number of halogens is 4. The zero-order valence-electron chi connectivity index (χ0n) is 11.3. The van der Waals surface area contributed by atoms with E-state index in [9.17, 15) is 22.8 Å². The number of H-pyrrole nitrogens is 1. The molecule has 3 aromatic rings. The van der Waals surface area contributed by atoms with Crippen LogP contribution in [-0.4, -0.2) is 9.55 Å². The Hall–Kier alpha value is -2.54. The molecule has 0 aliphatic heterocycles. The molecule has 0 saturated heterocycles. The fourth-order valence-corrected chi connectivity index (χ4v) is 2.51. The van der Waals surface area contributed by atoms with Gasteiger partial charge in [-0.05, 0) is 30.3 Å². The van der Waals surface area contributed by atoms with Crippen molar-refractivity contribution in [2.75, 3.05) is 0 Å². The van der Waals surface area contributed by atoms with Gasteiger partial charge in [-0.3, -0.25) is 14.3 Å². The number of hydrogen-bond donors (Lipinski definition) is 1. The Morgan fingerprint density at radius 2 is 1.74 bits per heavy atom. The van der Waals surface area contributed by atoms with E-state index in [0.717, 1.165) is 22.8 Å². The maximum absolute atomic E-state index is 12.9. The number of alkyl halides is 3. The summed E-state index contributed by atoms with van der Waals surface area (Å²) >= 11 is 6.03. The minimum absolute atomic E-state index is 0.0440. The lowest BCUT2D eigenvalue weighted by Gasteiger charge is -2.13. The van der Waals surface area contributed by atoms with Crippen molar-refractivity contribution >= 4 is 22.5 Å². The molecule has 0 saturated carbocycles. The first kappa shape index (κ1) is 15.4. The van der Waals surface area contributed by atoms with Gasteiger partial charge in [0.2, 0.25) is 0 Å². The zero-order valence-corrected chi connectivity index (χ0v) is 12.1. The number of hydrogen-bond acceptors (Lipinski definition) is 2. The van der Waals surface area contributed by atoms with Crippen molar-refractivity contribution in [3.63, 3.8) is 0 Å². The van der Waals surface area contributed by atoms with Gasteiger partial charge in [-0.1, -0.05) is 23.7 Å². The van der Waals surface area contributed by atoms with Crippen LogP contribution in [0.5, 0.6) is 0 Å². The van der Waals surface area contributed by atoms with Crippen molar-refractivity contribution < 1.29 is 13.2 Å². The summed E-state index contributed by atoms with van der Waals surface area (Å²) in [5.41, 5.74) is -2.57. The van der Waals surface area contributed by atoms with Crippen molar-refractivity contribution in [1.82, 2.24) is 9.55 Å². The topological polar surface area (TPSA) is 54.9 Å². The molecule has 3 rings (SSSR count). The molecule has 1 aromatic heterocycles. The van der Waals surface area contributed by atoms with E-state index >= 15 is 0 Å². The lowest BCUT2D eigenvalue weighted by atomic mass is 10.1. The number of rotatable bonds is 1. The van der Waals surface area contributed by atoms with Crippen LogP contribution in [0.25, 0.3) is 16.6 Å². The van der Waals surface area contributed by atoms with E-state index in [2.05, 4.69) is 4.98 Å². The molecule has 0 unspecified atom stereocenters. The molecule has 1 heterocycles. The largest absolute Gasteiger partial charge is 0.416 e.